The van der Waals surface area contributed by atoms with Crippen LogP contribution >= 0.6 is 15.9 Å². The Morgan fingerprint density at radius 2 is 2.21 bits per heavy atom. The summed E-state index contributed by atoms with van der Waals surface area (Å²) < 4.78 is 12.0. The minimum atomic E-state index is -0.509. The number of benzene rings is 1. The predicted molar refractivity (Wildman–Crippen MR) is 78.4 cm³/mol. The summed E-state index contributed by atoms with van der Waals surface area (Å²) in [5.41, 5.74) is 0.987. The SMILES string of the molecule is OC(CNc1ccc(Br)cc1)COCC1CCCO1. The van der Waals surface area contributed by atoms with Crippen molar-refractivity contribution in [1.29, 1.82) is 0 Å². The van der Waals surface area contributed by atoms with Crippen molar-refractivity contribution in [3.8, 4) is 0 Å². The summed E-state index contributed by atoms with van der Waals surface area (Å²) in [5.74, 6) is 0. The third-order valence-electron chi connectivity index (χ3n) is 3.02. The number of aliphatic hydroxyl groups excluding tert-OH is 1. The zero-order chi connectivity index (χ0) is 13.5. The topological polar surface area (TPSA) is 50.7 Å². The first-order chi connectivity index (χ1) is 9.24. The fraction of sp³-hybridized carbons (Fsp3) is 0.571. The number of aliphatic hydroxyl groups is 1. The monoisotopic (exact) mass is 329 g/mol. The van der Waals surface area contributed by atoms with Gasteiger partial charge in [0.25, 0.3) is 0 Å². The third kappa shape index (κ3) is 5.48. The van der Waals surface area contributed by atoms with Crippen LogP contribution in [0.4, 0.5) is 5.69 Å². The van der Waals surface area contributed by atoms with E-state index in [2.05, 4.69) is 21.2 Å². The summed E-state index contributed by atoms with van der Waals surface area (Å²) in [6.45, 7) is 2.23. The van der Waals surface area contributed by atoms with Crippen molar-refractivity contribution >= 4 is 21.6 Å². The van der Waals surface area contributed by atoms with Gasteiger partial charge in [0.05, 0.1) is 25.4 Å². The molecule has 1 aliphatic heterocycles. The molecule has 2 unspecified atom stereocenters. The van der Waals surface area contributed by atoms with Gasteiger partial charge in [-0.1, -0.05) is 15.9 Å². The van der Waals surface area contributed by atoms with Crippen molar-refractivity contribution in [2.45, 2.75) is 25.0 Å². The summed E-state index contributed by atoms with van der Waals surface area (Å²) in [6, 6.07) is 7.85. The molecule has 1 fully saturated rings. The van der Waals surface area contributed by atoms with Gasteiger partial charge in [-0.2, -0.15) is 0 Å². The molecule has 5 heteroatoms. The van der Waals surface area contributed by atoms with E-state index >= 15 is 0 Å². The zero-order valence-electron chi connectivity index (χ0n) is 10.8. The maximum atomic E-state index is 9.80. The van der Waals surface area contributed by atoms with Gasteiger partial charge in [0.15, 0.2) is 0 Å². The molecule has 1 aromatic rings. The van der Waals surface area contributed by atoms with E-state index in [1.54, 1.807) is 0 Å². The number of anilines is 1. The molecule has 19 heavy (non-hydrogen) atoms. The maximum absolute atomic E-state index is 9.80. The Kier molecular flexibility index (Phi) is 6.10. The van der Waals surface area contributed by atoms with Crippen LogP contribution in [-0.2, 0) is 9.47 Å². The highest BCUT2D eigenvalue weighted by atomic mass is 79.9. The van der Waals surface area contributed by atoms with Gasteiger partial charge >= 0.3 is 0 Å². The number of nitrogens with one attached hydrogen (secondary N) is 1. The van der Waals surface area contributed by atoms with E-state index < -0.39 is 6.10 Å². The molecule has 0 aliphatic carbocycles. The Hall–Kier alpha value is -0.620. The van der Waals surface area contributed by atoms with Gasteiger partial charge in [0.2, 0.25) is 0 Å². The fourth-order valence-electron chi connectivity index (χ4n) is 1.97. The first-order valence-corrected chi connectivity index (χ1v) is 7.40. The molecular weight excluding hydrogens is 310 g/mol. The van der Waals surface area contributed by atoms with Crippen LogP contribution in [0.15, 0.2) is 28.7 Å². The molecular formula is C14H20BrNO3. The lowest BCUT2D eigenvalue weighted by Gasteiger charge is -2.15. The van der Waals surface area contributed by atoms with E-state index in [4.69, 9.17) is 9.47 Å². The number of ether oxygens (including phenoxy) is 2. The van der Waals surface area contributed by atoms with Crippen LogP contribution in [0.1, 0.15) is 12.8 Å². The summed E-state index contributed by atoms with van der Waals surface area (Å²) >= 11 is 3.38. The van der Waals surface area contributed by atoms with Crippen molar-refractivity contribution in [3.63, 3.8) is 0 Å². The normalized spacial score (nSPS) is 20.4. The molecule has 0 radical (unpaired) electrons. The van der Waals surface area contributed by atoms with Gasteiger partial charge in [-0.05, 0) is 37.1 Å². The highest BCUT2D eigenvalue weighted by molar-refractivity contribution is 9.10. The Labute approximate surface area is 122 Å². The predicted octanol–water partition coefficient (Wildman–Crippen LogP) is 2.42. The quantitative estimate of drug-likeness (QED) is 0.806. The van der Waals surface area contributed by atoms with Crippen LogP contribution in [0.3, 0.4) is 0 Å². The number of hydrogen-bond acceptors (Lipinski definition) is 4. The second-order valence-electron chi connectivity index (χ2n) is 4.71. The Balaban J connectivity index is 1.58. The maximum Gasteiger partial charge on any atom is 0.0945 e. The number of rotatable bonds is 7. The molecule has 0 saturated carbocycles. The highest BCUT2D eigenvalue weighted by Crippen LogP contribution is 2.14. The molecule has 1 aromatic carbocycles. The van der Waals surface area contributed by atoms with Crippen LogP contribution in [0, 0.1) is 0 Å². The molecule has 1 heterocycles. The van der Waals surface area contributed by atoms with E-state index in [-0.39, 0.29) is 6.10 Å². The Morgan fingerprint density at radius 3 is 2.89 bits per heavy atom. The average molecular weight is 330 g/mol. The van der Waals surface area contributed by atoms with Crippen molar-refractivity contribution in [2.24, 2.45) is 0 Å². The standard InChI is InChI=1S/C14H20BrNO3/c15-11-3-5-12(6-4-11)16-8-13(17)9-18-10-14-2-1-7-19-14/h3-6,13-14,16-17H,1-2,7-10H2. The van der Waals surface area contributed by atoms with Gasteiger partial charge in [-0.15, -0.1) is 0 Å². The molecule has 0 bridgehead atoms. The smallest absolute Gasteiger partial charge is 0.0945 e. The van der Waals surface area contributed by atoms with Crippen LogP contribution in [-0.4, -0.2) is 43.7 Å². The van der Waals surface area contributed by atoms with Crippen molar-refractivity contribution < 1.29 is 14.6 Å². The average Bonchev–Trinajstić information content (AvgIpc) is 2.91. The van der Waals surface area contributed by atoms with Gasteiger partial charge in [-0.25, -0.2) is 0 Å². The van der Waals surface area contributed by atoms with E-state index in [0.717, 1.165) is 29.6 Å². The second kappa shape index (κ2) is 7.85. The number of hydrogen-bond donors (Lipinski definition) is 2. The van der Waals surface area contributed by atoms with Gasteiger partial charge in [-0.3, -0.25) is 0 Å². The minimum Gasteiger partial charge on any atom is -0.389 e. The zero-order valence-corrected chi connectivity index (χ0v) is 12.4. The molecule has 4 nitrogen and oxygen atoms in total. The van der Waals surface area contributed by atoms with Crippen LogP contribution in [0.25, 0.3) is 0 Å². The third-order valence-corrected chi connectivity index (χ3v) is 3.55. The van der Waals surface area contributed by atoms with Crippen molar-refractivity contribution in [3.05, 3.63) is 28.7 Å². The molecule has 0 spiro atoms. The summed E-state index contributed by atoms with van der Waals surface area (Å²) in [4.78, 5) is 0. The lowest BCUT2D eigenvalue weighted by molar-refractivity contribution is -0.0137. The van der Waals surface area contributed by atoms with Crippen LogP contribution in [0.5, 0.6) is 0 Å². The molecule has 0 aromatic heterocycles. The molecule has 2 atom stereocenters. The summed E-state index contributed by atoms with van der Waals surface area (Å²) in [6.07, 6.45) is 1.88. The van der Waals surface area contributed by atoms with E-state index in [9.17, 15) is 5.11 Å². The van der Waals surface area contributed by atoms with Crippen molar-refractivity contribution in [2.75, 3.05) is 31.7 Å². The van der Waals surface area contributed by atoms with E-state index in [0.29, 0.717) is 19.8 Å². The lowest BCUT2D eigenvalue weighted by Crippen LogP contribution is -2.27. The highest BCUT2D eigenvalue weighted by Gasteiger charge is 2.16. The Bertz CT molecular complexity index is 365. The molecule has 2 rings (SSSR count). The fourth-order valence-corrected chi connectivity index (χ4v) is 2.24. The summed E-state index contributed by atoms with van der Waals surface area (Å²) in [5, 5.41) is 13.0. The van der Waals surface area contributed by atoms with Crippen LogP contribution in [0.2, 0.25) is 0 Å². The lowest BCUT2D eigenvalue weighted by atomic mass is 10.2. The van der Waals surface area contributed by atoms with Crippen LogP contribution < -0.4 is 5.32 Å². The van der Waals surface area contributed by atoms with E-state index in [1.165, 1.54) is 0 Å². The molecule has 0 amide bonds. The largest absolute Gasteiger partial charge is 0.389 e. The molecule has 2 N–H and O–H groups in total. The Morgan fingerprint density at radius 1 is 1.42 bits per heavy atom. The first-order valence-electron chi connectivity index (χ1n) is 6.61. The molecule has 106 valence electrons. The van der Waals surface area contributed by atoms with E-state index in [1.807, 2.05) is 24.3 Å². The number of halogens is 1. The minimum absolute atomic E-state index is 0.214. The van der Waals surface area contributed by atoms with Gasteiger partial charge in [0, 0.05) is 23.3 Å². The summed E-state index contributed by atoms with van der Waals surface area (Å²) in [7, 11) is 0. The van der Waals surface area contributed by atoms with Crippen molar-refractivity contribution in [1.82, 2.24) is 0 Å². The van der Waals surface area contributed by atoms with Gasteiger partial charge < -0.3 is 19.9 Å². The molecule has 1 aliphatic rings. The van der Waals surface area contributed by atoms with Gasteiger partial charge in [0.1, 0.15) is 0 Å². The first kappa shape index (κ1) is 14.8. The second-order valence-corrected chi connectivity index (χ2v) is 5.63. The molecule has 1 saturated heterocycles.